The molecule has 0 aliphatic rings. The third-order valence-electron chi connectivity index (χ3n) is 2.99. The standard InChI is InChI=1S/C16H12Cl2N2O3S/c17-10-3-1-9(2-4-10)7-14(21)20-16(24)19-13-6-5-11(18)8-12(13)15(22)23/h1-6,8H,7H2,(H,22,23)(H2,19,20,21,24). The first-order chi connectivity index (χ1) is 11.3. The number of hydrogen-bond donors (Lipinski definition) is 3. The van der Waals surface area contributed by atoms with Crippen LogP contribution in [-0.4, -0.2) is 22.1 Å². The van der Waals surface area contributed by atoms with E-state index in [2.05, 4.69) is 10.6 Å². The number of carboxylic acid groups (broad SMARTS) is 1. The maximum Gasteiger partial charge on any atom is 0.337 e. The molecule has 0 aliphatic heterocycles. The molecule has 0 saturated carbocycles. The molecule has 0 aromatic heterocycles. The number of nitrogens with one attached hydrogen (secondary N) is 2. The van der Waals surface area contributed by atoms with Crippen molar-refractivity contribution >= 4 is 58.1 Å². The van der Waals surface area contributed by atoms with Crippen LogP contribution < -0.4 is 10.6 Å². The SMILES string of the molecule is O=C(Cc1ccc(Cl)cc1)NC(=S)Nc1ccc(Cl)cc1C(=O)O. The molecule has 124 valence electrons. The van der Waals surface area contributed by atoms with Gasteiger partial charge in [0.05, 0.1) is 17.7 Å². The quantitative estimate of drug-likeness (QED) is 0.701. The predicted molar refractivity (Wildman–Crippen MR) is 97.9 cm³/mol. The number of amides is 1. The minimum Gasteiger partial charge on any atom is -0.478 e. The van der Waals surface area contributed by atoms with Crippen LogP contribution in [0.15, 0.2) is 42.5 Å². The number of halogens is 2. The van der Waals surface area contributed by atoms with Gasteiger partial charge in [0.25, 0.3) is 0 Å². The summed E-state index contributed by atoms with van der Waals surface area (Å²) < 4.78 is 0. The van der Waals surface area contributed by atoms with Gasteiger partial charge in [0.15, 0.2) is 5.11 Å². The van der Waals surface area contributed by atoms with Gasteiger partial charge in [0.2, 0.25) is 5.91 Å². The molecule has 0 unspecified atom stereocenters. The second-order valence-corrected chi connectivity index (χ2v) is 6.08. The Hall–Kier alpha value is -2.15. The molecule has 0 atom stereocenters. The zero-order chi connectivity index (χ0) is 17.7. The topological polar surface area (TPSA) is 78.4 Å². The van der Waals surface area contributed by atoms with Gasteiger partial charge in [-0.2, -0.15) is 0 Å². The van der Waals surface area contributed by atoms with Gasteiger partial charge in [-0.3, -0.25) is 4.79 Å². The van der Waals surface area contributed by atoms with Crippen LogP contribution >= 0.6 is 35.4 Å². The van der Waals surface area contributed by atoms with Gasteiger partial charge in [0, 0.05) is 10.0 Å². The number of hydrogen-bond acceptors (Lipinski definition) is 3. The minimum absolute atomic E-state index is 0.00112. The molecule has 0 spiro atoms. The number of rotatable bonds is 4. The van der Waals surface area contributed by atoms with Crippen LogP contribution in [0, 0.1) is 0 Å². The van der Waals surface area contributed by atoms with Crippen molar-refractivity contribution < 1.29 is 14.7 Å². The average molecular weight is 383 g/mol. The monoisotopic (exact) mass is 382 g/mol. The van der Waals surface area contributed by atoms with Gasteiger partial charge in [-0.05, 0) is 48.1 Å². The zero-order valence-electron chi connectivity index (χ0n) is 12.2. The average Bonchev–Trinajstić information content (AvgIpc) is 2.51. The maximum absolute atomic E-state index is 12.0. The van der Waals surface area contributed by atoms with E-state index in [1.54, 1.807) is 24.3 Å². The Morgan fingerprint density at radius 2 is 1.67 bits per heavy atom. The molecule has 0 heterocycles. The summed E-state index contributed by atoms with van der Waals surface area (Å²) in [7, 11) is 0. The Bertz CT molecular complexity index is 794. The zero-order valence-corrected chi connectivity index (χ0v) is 14.5. The smallest absolute Gasteiger partial charge is 0.337 e. The molecular weight excluding hydrogens is 371 g/mol. The van der Waals surface area contributed by atoms with Crippen LogP contribution in [-0.2, 0) is 11.2 Å². The third-order valence-corrected chi connectivity index (χ3v) is 3.68. The fraction of sp³-hybridized carbons (Fsp3) is 0.0625. The summed E-state index contributed by atoms with van der Waals surface area (Å²) >= 11 is 16.6. The van der Waals surface area contributed by atoms with Gasteiger partial charge < -0.3 is 15.7 Å². The third kappa shape index (κ3) is 5.19. The van der Waals surface area contributed by atoms with Gasteiger partial charge in [0.1, 0.15) is 0 Å². The molecule has 0 bridgehead atoms. The minimum atomic E-state index is -1.16. The van der Waals surface area contributed by atoms with Crippen molar-refractivity contribution in [3.05, 3.63) is 63.6 Å². The van der Waals surface area contributed by atoms with Crippen molar-refractivity contribution in [2.45, 2.75) is 6.42 Å². The Kier molecular flexibility index (Phi) is 6.14. The molecule has 5 nitrogen and oxygen atoms in total. The van der Waals surface area contributed by atoms with Crippen molar-refractivity contribution in [1.82, 2.24) is 5.32 Å². The van der Waals surface area contributed by atoms with Crippen molar-refractivity contribution in [2.24, 2.45) is 0 Å². The molecule has 1 amide bonds. The lowest BCUT2D eigenvalue weighted by molar-refractivity contribution is -0.119. The fourth-order valence-corrected chi connectivity index (χ4v) is 2.44. The summed E-state index contributed by atoms with van der Waals surface area (Å²) in [5.41, 5.74) is 0.970. The molecule has 3 N–H and O–H groups in total. The Balaban J connectivity index is 1.99. The molecule has 2 aromatic rings. The normalized spacial score (nSPS) is 10.1. The van der Waals surface area contributed by atoms with Crippen LogP contribution in [0.2, 0.25) is 10.0 Å². The number of anilines is 1. The predicted octanol–water partition coefficient (Wildman–Crippen LogP) is 3.75. The van der Waals surface area contributed by atoms with Crippen LogP contribution in [0.3, 0.4) is 0 Å². The molecule has 0 aliphatic carbocycles. The van der Waals surface area contributed by atoms with E-state index in [-0.39, 0.29) is 33.7 Å². The first-order valence-corrected chi connectivity index (χ1v) is 7.89. The Morgan fingerprint density at radius 3 is 2.29 bits per heavy atom. The van der Waals surface area contributed by atoms with E-state index in [1.165, 1.54) is 18.2 Å². The molecule has 24 heavy (non-hydrogen) atoms. The van der Waals surface area contributed by atoms with Crippen molar-refractivity contribution in [3.8, 4) is 0 Å². The molecular formula is C16H12Cl2N2O3S. The van der Waals surface area contributed by atoms with E-state index in [1.807, 2.05) is 0 Å². The number of carbonyl (C=O) groups excluding carboxylic acids is 1. The number of benzene rings is 2. The van der Waals surface area contributed by atoms with Crippen LogP contribution in [0.1, 0.15) is 15.9 Å². The summed E-state index contributed by atoms with van der Waals surface area (Å²) in [6.07, 6.45) is 0.116. The van der Waals surface area contributed by atoms with Gasteiger partial charge in [-0.15, -0.1) is 0 Å². The van der Waals surface area contributed by atoms with Crippen molar-refractivity contribution in [2.75, 3.05) is 5.32 Å². The molecule has 2 rings (SSSR count). The van der Waals surface area contributed by atoms with E-state index < -0.39 is 5.97 Å². The number of carbonyl (C=O) groups is 2. The lowest BCUT2D eigenvalue weighted by Crippen LogP contribution is -2.35. The van der Waals surface area contributed by atoms with E-state index in [4.69, 9.17) is 40.5 Å². The summed E-state index contributed by atoms with van der Waals surface area (Å²) in [4.78, 5) is 23.2. The highest BCUT2D eigenvalue weighted by Gasteiger charge is 2.13. The number of aromatic carboxylic acids is 1. The highest BCUT2D eigenvalue weighted by Crippen LogP contribution is 2.20. The van der Waals surface area contributed by atoms with Crippen molar-refractivity contribution in [3.63, 3.8) is 0 Å². The highest BCUT2D eigenvalue weighted by molar-refractivity contribution is 7.80. The first kappa shape index (κ1) is 18.2. The van der Waals surface area contributed by atoms with E-state index in [9.17, 15) is 9.59 Å². The largest absolute Gasteiger partial charge is 0.478 e. The van der Waals surface area contributed by atoms with E-state index in [0.29, 0.717) is 5.02 Å². The summed E-state index contributed by atoms with van der Waals surface area (Å²) in [6.45, 7) is 0. The van der Waals surface area contributed by atoms with E-state index >= 15 is 0 Å². The van der Waals surface area contributed by atoms with Crippen LogP contribution in [0.5, 0.6) is 0 Å². The van der Waals surface area contributed by atoms with E-state index in [0.717, 1.165) is 5.56 Å². The first-order valence-electron chi connectivity index (χ1n) is 6.73. The summed E-state index contributed by atoms with van der Waals surface area (Å²) in [5.74, 6) is -1.49. The van der Waals surface area contributed by atoms with Crippen LogP contribution in [0.4, 0.5) is 5.69 Å². The second kappa shape index (κ2) is 8.10. The lowest BCUT2D eigenvalue weighted by atomic mass is 10.1. The van der Waals surface area contributed by atoms with Gasteiger partial charge in [-0.1, -0.05) is 35.3 Å². The number of carboxylic acids is 1. The summed E-state index contributed by atoms with van der Waals surface area (Å²) in [5, 5.41) is 15.2. The number of thiocarbonyl (C=S) groups is 1. The van der Waals surface area contributed by atoms with Crippen molar-refractivity contribution in [1.29, 1.82) is 0 Å². The molecule has 0 saturated heterocycles. The maximum atomic E-state index is 12.0. The lowest BCUT2D eigenvalue weighted by Gasteiger charge is -2.12. The highest BCUT2D eigenvalue weighted by atomic mass is 35.5. The molecule has 0 radical (unpaired) electrons. The second-order valence-electron chi connectivity index (χ2n) is 4.80. The van der Waals surface area contributed by atoms with Gasteiger partial charge in [-0.25, -0.2) is 4.79 Å². The molecule has 8 heteroatoms. The van der Waals surface area contributed by atoms with Gasteiger partial charge >= 0.3 is 5.97 Å². The molecule has 2 aromatic carbocycles. The summed E-state index contributed by atoms with van der Waals surface area (Å²) in [6, 6.07) is 11.1. The Labute approximate surface area is 153 Å². The van der Waals surface area contributed by atoms with Crippen LogP contribution in [0.25, 0.3) is 0 Å². The fourth-order valence-electron chi connectivity index (χ4n) is 1.91. The Morgan fingerprint density at radius 1 is 1.04 bits per heavy atom. The molecule has 0 fully saturated rings.